The van der Waals surface area contributed by atoms with E-state index in [-0.39, 0.29) is 0 Å². The van der Waals surface area contributed by atoms with Gasteiger partial charge in [-0.1, -0.05) is 133 Å². The normalized spacial score (nSPS) is 11.6. The van der Waals surface area contributed by atoms with E-state index in [1.54, 1.807) is 0 Å². The van der Waals surface area contributed by atoms with E-state index in [0.717, 1.165) is 56.8 Å². The van der Waals surface area contributed by atoms with Crippen LogP contribution in [0.15, 0.2) is 206 Å². The number of hydrogen-bond acceptors (Lipinski definition) is 3. The Hall–Kier alpha value is -6.84. The lowest BCUT2D eigenvalue weighted by molar-refractivity contribution is 0.477. The molecule has 8 aromatic rings. The van der Waals surface area contributed by atoms with Crippen molar-refractivity contribution < 1.29 is 4.74 Å². The molecule has 1 aliphatic heterocycles. The topological polar surface area (TPSA) is 15.7 Å². The van der Waals surface area contributed by atoms with Crippen LogP contribution in [0, 0.1) is 0 Å². The number of fused-ring (bicyclic) bond motifs is 2. The first-order valence-electron chi connectivity index (χ1n) is 17.3. The zero-order chi connectivity index (χ0) is 34.0. The summed E-state index contributed by atoms with van der Waals surface area (Å²) in [6.07, 6.45) is 0. The van der Waals surface area contributed by atoms with Gasteiger partial charge in [0.2, 0.25) is 0 Å². The molecule has 0 radical (unpaired) electrons. The van der Waals surface area contributed by atoms with Crippen molar-refractivity contribution in [3.8, 4) is 44.9 Å². The number of anilines is 6. The molecule has 1 aliphatic rings. The summed E-state index contributed by atoms with van der Waals surface area (Å²) in [4.78, 5) is 4.61. The maximum Gasteiger partial charge on any atom is 0.151 e. The molecule has 0 bridgehead atoms. The van der Waals surface area contributed by atoms with Crippen LogP contribution in [0.25, 0.3) is 33.4 Å². The van der Waals surface area contributed by atoms with Crippen LogP contribution in [0.4, 0.5) is 34.1 Å². The van der Waals surface area contributed by atoms with Gasteiger partial charge in [-0.25, -0.2) is 0 Å². The van der Waals surface area contributed by atoms with Gasteiger partial charge in [-0.3, -0.25) is 0 Å². The van der Waals surface area contributed by atoms with Crippen molar-refractivity contribution in [2.45, 2.75) is 0 Å². The van der Waals surface area contributed by atoms with Crippen molar-refractivity contribution in [3.63, 3.8) is 0 Å². The van der Waals surface area contributed by atoms with Gasteiger partial charge in [0.1, 0.15) is 0 Å². The maximum absolute atomic E-state index is 6.26. The number of rotatable bonds is 7. The molecule has 51 heavy (non-hydrogen) atoms. The zero-order valence-corrected chi connectivity index (χ0v) is 27.9. The van der Waals surface area contributed by atoms with Gasteiger partial charge < -0.3 is 14.5 Å². The molecule has 0 aromatic heterocycles. The smallest absolute Gasteiger partial charge is 0.151 e. The zero-order valence-electron chi connectivity index (χ0n) is 27.9. The summed E-state index contributed by atoms with van der Waals surface area (Å²) in [5, 5.41) is 0. The summed E-state index contributed by atoms with van der Waals surface area (Å²) in [6.45, 7) is 0. The Morgan fingerprint density at radius 2 is 0.686 bits per heavy atom. The fourth-order valence-electron chi connectivity index (χ4n) is 6.92. The lowest BCUT2D eigenvalue weighted by Crippen LogP contribution is -2.15. The monoisotopic (exact) mass is 654 g/mol. The minimum absolute atomic E-state index is 0.847. The standard InChI is InChI=1S/C48H34N2O/c1-3-12-35(13-4-1)37-22-28-41(29-23-37)49(42-30-24-38(25-31-42)36-14-5-2-6-15-36)43-32-26-39(27-33-43)40-16-11-17-44(34-40)50-45-18-7-9-20-47(45)51-48-21-10-8-19-46(48)50/h1-34H. The third-order valence-electron chi connectivity index (χ3n) is 9.46. The van der Waals surface area contributed by atoms with Crippen molar-refractivity contribution in [1.29, 1.82) is 0 Å². The van der Waals surface area contributed by atoms with Crippen molar-refractivity contribution in [3.05, 3.63) is 206 Å². The average molecular weight is 655 g/mol. The molecular formula is C48H34N2O. The van der Waals surface area contributed by atoms with Gasteiger partial charge in [0, 0.05) is 22.7 Å². The molecule has 9 rings (SSSR count). The van der Waals surface area contributed by atoms with Crippen LogP contribution >= 0.6 is 0 Å². The second-order valence-corrected chi connectivity index (χ2v) is 12.6. The van der Waals surface area contributed by atoms with Gasteiger partial charge in [-0.05, 0) is 106 Å². The lowest BCUT2D eigenvalue weighted by Gasteiger charge is -2.33. The molecule has 0 N–H and O–H groups in total. The molecule has 242 valence electrons. The fourth-order valence-corrected chi connectivity index (χ4v) is 6.92. The minimum atomic E-state index is 0.847. The van der Waals surface area contributed by atoms with Crippen LogP contribution in [0.3, 0.4) is 0 Å². The van der Waals surface area contributed by atoms with E-state index in [1.807, 2.05) is 24.3 Å². The Bertz CT molecular complexity index is 2290. The maximum atomic E-state index is 6.26. The highest BCUT2D eigenvalue weighted by atomic mass is 16.5. The van der Waals surface area contributed by atoms with E-state index in [2.05, 4.69) is 192 Å². The van der Waals surface area contributed by atoms with E-state index in [0.29, 0.717) is 0 Å². The summed E-state index contributed by atoms with van der Waals surface area (Å²) in [5.74, 6) is 1.69. The van der Waals surface area contributed by atoms with Crippen LogP contribution in [0.5, 0.6) is 11.5 Å². The summed E-state index contributed by atoms with van der Waals surface area (Å²) < 4.78 is 6.26. The van der Waals surface area contributed by atoms with Crippen molar-refractivity contribution in [1.82, 2.24) is 0 Å². The van der Waals surface area contributed by atoms with Crippen LogP contribution < -0.4 is 14.5 Å². The van der Waals surface area contributed by atoms with E-state index in [9.17, 15) is 0 Å². The highest BCUT2D eigenvalue weighted by molar-refractivity contribution is 5.88. The predicted molar refractivity (Wildman–Crippen MR) is 212 cm³/mol. The Labute approximate surface area is 298 Å². The average Bonchev–Trinajstić information content (AvgIpc) is 3.21. The van der Waals surface area contributed by atoms with Crippen LogP contribution in [-0.4, -0.2) is 0 Å². The summed E-state index contributed by atoms with van der Waals surface area (Å²) in [5.41, 5.74) is 13.5. The third kappa shape index (κ3) is 5.92. The molecule has 0 saturated carbocycles. The van der Waals surface area contributed by atoms with Gasteiger partial charge in [-0.2, -0.15) is 0 Å². The van der Waals surface area contributed by atoms with E-state index in [4.69, 9.17) is 4.74 Å². The molecule has 3 nitrogen and oxygen atoms in total. The van der Waals surface area contributed by atoms with Crippen molar-refractivity contribution in [2.24, 2.45) is 0 Å². The molecule has 0 spiro atoms. The van der Waals surface area contributed by atoms with Crippen molar-refractivity contribution >= 4 is 34.1 Å². The van der Waals surface area contributed by atoms with Crippen LogP contribution in [0.1, 0.15) is 0 Å². The van der Waals surface area contributed by atoms with E-state index < -0.39 is 0 Å². The fraction of sp³-hybridized carbons (Fsp3) is 0. The SMILES string of the molecule is c1ccc(-c2ccc(N(c3ccc(-c4ccccc4)cc3)c3ccc(-c4cccc(N5c6ccccc6Oc6ccccc65)c4)cc3)cc2)cc1. The lowest BCUT2D eigenvalue weighted by atomic mass is 10.0. The first-order valence-corrected chi connectivity index (χ1v) is 17.3. The second kappa shape index (κ2) is 13.2. The molecule has 0 amide bonds. The Balaban J connectivity index is 1.07. The summed E-state index contributed by atoms with van der Waals surface area (Å²) >= 11 is 0. The second-order valence-electron chi connectivity index (χ2n) is 12.6. The first-order chi connectivity index (χ1) is 25.3. The van der Waals surface area contributed by atoms with Crippen molar-refractivity contribution in [2.75, 3.05) is 9.80 Å². The molecule has 0 aliphatic carbocycles. The predicted octanol–water partition coefficient (Wildman–Crippen LogP) is 13.7. The van der Waals surface area contributed by atoms with Crippen LogP contribution in [-0.2, 0) is 0 Å². The number of para-hydroxylation sites is 4. The number of ether oxygens (including phenoxy) is 1. The van der Waals surface area contributed by atoms with Gasteiger partial charge in [-0.15, -0.1) is 0 Å². The van der Waals surface area contributed by atoms with Gasteiger partial charge in [0.25, 0.3) is 0 Å². The summed E-state index contributed by atoms with van der Waals surface area (Å²) in [6, 6.07) is 72.8. The highest BCUT2D eigenvalue weighted by Crippen LogP contribution is 2.50. The van der Waals surface area contributed by atoms with Gasteiger partial charge >= 0.3 is 0 Å². The third-order valence-corrected chi connectivity index (χ3v) is 9.46. The molecule has 0 unspecified atom stereocenters. The molecule has 0 fully saturated rings. The largest absolute Gasteiger partial charge is 0.453 e. The van der Waals surface area contributed by atoms with Gasteiger partial charge in [0.15, 0.2) is 11.5 Å². The number of nitrogens with zero attached hydrogens (tertiary/aromatic N) is 2. The van der Waals surface area contributed by atoms with Gasteiger partial charge in [0.05, 0.1) is 11.4 Å². The molecular weight excluding hydrogens is 621 g/mol. The Morgan fingerprint density at radius 3 is 1.16 bits per heavy atom. The molecule has 8 aromatic carbocycles. The quantitative estimate of drug-likeness (QED) is 0.170. The molecule has 0 atom stereocenters. The Morgan fingerprint density at radius 1 is 0.314 bits per heavy atom. The molecule has 3 heteroatoms. The first kappa shape index (κ1) is 30.2. The molecule has 1 heterocycles. The number of benzene rings is 8. The Kier molecular flexibility index (Phi) is 7.84. The van der Waals surface area contributed by atoms with E-state index >= 15 is 0 Å². The summed E-state index contributed by atoms with van der Waals surface area (Å²) in [7, 11) is 0. The van der Waals surface area contributed by atoms with E-state index in [1.165, 1.54) is 22.3 Å². The number of hydrogen-bond donors (Lipinski definition) is 0. The highest BCUT2D eigenvalue weighted by Gasteiger charge is 2.25. The van der Waals surface area contributed by atoms with Crippen LogP contribution in [0.2, 0.25) is 0 Å². The molecule has 0 saturated heterocycles. The minimum Gasteiger partial charge on any atom is -0.453 e.